The third kappa shape index (κ3) is 4.19. The minimum Gasteiger partial charge on any atom is -0.356 e. The van der Waals surface area contributed by atoms with Crippen molar-refractivity contribution in [1.29, 1.82) is 0 Å². The van der Waals surface area contributed by atoms with Crippen LogP contribution in [0.1, 0.15) is 35.3 Å². The second-order valence-electron chi connectivity index (χ2n) is 7.17. The van der Waals surface area contributed by atoms with E-state index in [9.17, 15) is 4.79 Å². The van der Waals surface area contributed by atoms with Crippen molar-refractivity contribution in [2.24, 2.45) is 0 Å². The van der Waals surface area contributed by atoms with E-state index < -0.39 is 0 Å². The fourth-order valence-electron chi connectivity index (χ4n) is 3.47. The van der Waals surface area contributed by atoms with Gasteiger partial charge in [0.2, 0.25) is 0 Å². The predicted molar refractivity (Wildman–Crippen MR) is 113 cm³/mol. The lowest BCUT2D eigenvalue weighted by molar-refractivity contribution is 0.102. The average molecular weight is 372 g/mol. The molecule has 0 spiro atoms. The lowest BCUT2D eigenvalue weighted by Crippen LogP contribution is -2.30. The first-order chi connectivity index (χ1) is 13.7. The first-order valence-electron chi connectivity index (χ1n) is 9.76. The van der Waals surface area contributed by atoms with Crippen molar-refractivity contribution in [3.63, 3.8) is 0 Å². The van der Waals surface area contributed by atoms with Crippen LogP contribution < -0.4 is 10.2 Å². The van der Waals surface area contributed by atoms with Gasteiger partial charge in [-0.3, -0.25) is 4.79 Å². The topological polar surface area (TPSA) is 58.1 Å². The number of piperidine rings is 1. The van der Waals surface area contributed by atoms with Crippen molar-refractivity contribution in [1.82, 2.24) is 9.97 Å². The molecule has 1 aliphatic rings. The second kappa shape index (κ2) is 8.21. The monoisotopic (exact) mass is 372 g/mol. The fourth-order valence-corrected chi connectivity index (χ4v) is 3.47. The molecular weight excluding hydrogens is 348 g/mol. The van der Waals surface area contributed by atoms with E-state index in [1.54, 1.807) is 0 Å². The highest BCUT2D eigenvalue weighted by atomic mass is 16.1. The molecule has 0 bridgehead atoms. The Labute approximate surface area is 165 Å². The van der Waals surface area contributed by atoms with Gasteiger partial charge in [0, 0.05) is 30.4 Å². The summed E-state index contributed by atoms with van der Waals surface area (Å²) in [7, 11) is 0. The zero-order valence-corrected chi connectivity index (χ0v) is 16.1. The van der Waals surface area contributed by atoms with Gasteiger partial charge in [-0.05, 0) is 43.9 Å². The molecule has 0 atom stereocenters. The summed E-state index contributed by atoms with van der Waals surface area (Å²) in [6, 6.07) is 19.4. The Kier molecular flexibility index (Phi) is 5.33. The summed E-state index contributed by atoms with van der Waals surface area (Å²) in [5.41, 5.74) is 3.16. The van der Waals surface area contributed by atoms with E-state index in [1.807, 2.05) is 67.6 Å². The van der Waals surface area contributed by atoms with Crippen LogP contribution in [0, 0.1) is 6.92 Å². The van der Waals surface area contributed by atoms with Crippen LogP contribution >= 0.6 is 0 Å². The molecule has 4 rings (SSSR count). The Bertz CT molecular complexity index is 965. The Morgan fingerprint density at radius 2 is 1.71 bits per heavy atom. The summed E-state index contributed by atoms with van der Waals surface area (Å²) in [5, 5.41) is 2.96. The van der Waals surface area contributed by atoms with Crippen LogP contribution in [-0.4, -0.2) is 29.0 Å². The molecule has 2 aromatic carbocycles. The maximum Gasteiger partial charge on any atom is 0.274 e. The van der Waals surface area contributed by atoms with Crippen LogP contribution in [0.4, 0.5) is 11.5 Å². The number of hydrogen-bond donors (Lipinski definition) is 1. The molecule has 1 fully saturated rings. The Balaban J connectivity index is 1.69. The summed E-state index contributed by atoms with van der Waals surface area (Å²) in [6.07, 6.45) is 3.54. The van der Waals surface area contributed by atoms with Crippen LogP contribution in [0.3, 0.4) is 0 Å². The van der Waals surface area contributed by atoms with Crippen LogP contribution in [0.15, 0.2) is 60.7 Å². The smallest absolute Gasteiger partial charge is 0.274 e. The van der Waals surface area contributed by atoms with E-state index in [0.717, 1.165) is 48.6 Å². The number of carbonyl (C=O) groups is 1. The number of anilines is 2. The molecular formula is C23H24N4O. The van der Waals surface area contributed by atoms with Gasteiger partial charge in [-0.15, -0.1) is 0 Å². The molecule has 3 aromatic rings. The van der Waals surface area contributed by atoms with Gasteiger partial charge >= 0.3 is 0 Å². The summed E-state index contributed by atoms with van der Waals surface area (Å²) < 4.78 is 0. The Morgan fingerprint density at radius 1 is 0.929 bits per heavy atom. The number of hydrogen-bond acceptors (Lipinski definition) is 4. The number of rotatable bonds is 4. The third-order valence-electron chi connectivity index (χ3n) is 4.93. The number of aryl methyl sites for hydroxylation is 1. The van der Waals surface area contributed by atoms with Crippen molar-refractivity contribution < 1.29 is 4.79 Å². The first kappa shape index (κ1) is 18.2. The van der Waals surface area contributed by atoms with Gasteiger partial charge in [0.25, 0.3) is 5.91 Å². The van der Waals surface area contributed by atoms with E-state index in [-0.39, 0.29) is 5.91 Å². The maximum absolute atomic E-state index is 12.9. The molecule has 1 N–H and O–H groups in total. The quantitative estimate of drug-likeness (QED) is 0.721. The standard InChI is InChI=1S/C23H24N4O/c1-17-9-8-12-19(15-17)24-23(28)20-16-21(27-13-6-3-7-14-27)26-22(25-20)18-10-4-2-5-11-18/h2,4-5,8-12,15-16H,3,6-7,13-14H2,1H3,(H,24,28). The Morgan fingerprint density at radius 3 is 2.46 bits per heavy atom. The normalized spacial score (nSPS) is 14.0. The number of nitrogens with one attached hydrogen (secondary N) is 1. The molecule has 0 radical (unpaired) electrons. The van der Waals surface area contributed by atoms with Gasteiger partial charge in [-0.1, -0.05) is 42.5 Å². The SMILES string of the molecule is Cc1cccc(NC(=O)c2cc(N3CCCCC3)nc(-c3ccccc3)n2)c1. The van der Waals surface area contributed by atoms with Gasteiger partial charge < -0.3 is 10.2 Å². The van der Waals surface area contributed by atoms with Crippen molar-refractivity contribution in [2.45, 2.75) is 26.2 Å². The molecule has 0 aliphatic carbocycles. The molecule has 1 aliphatic heterocycles. The molecule has 1 amide bonds. The number of benzene rings is 2. The maximum atomic E-state index is 12.9. The van der Waals surface area contributed by atoms with Gasteiger partial charge in [0.1, 0.15) is 11.5 Å². The van der Waals surface area contributed by atoms with Crippen LogP contribution in [0.2, 0.25) is 0 Å². The van der Waals surface area contributed by atoms with E-state index in [0.29, 0.717) is 11.5 Å². The molecule has 2 heterocycles. The van der Waals surface area contributed by atoms with Crippen molar-refractivity contribution >= 4 is 17.4 Å². The highest BCUT2D eigenvalue weighted by molar-refractivity contribution is 6.03. The van der Waals surface area contributed by atoms with Gasteiger partial charge in [-0.25, -0.2) is 9.97 Å². The van der Waals surface area contributed by atoms with E-state index >= 15 is 0 Å². The summed E-state index contributed by atoms with van der Waals surface area (Å²) in [5.74, 6) is 1.18. The molecule has 142 valence electrons. The molecule has 0 unspecified atom stereocenters. The number of amides is 1. The Hall–Kier alpha value is -3.21. The van der Waals surface area contributed by atoms with E-state index in [1.165, 1.54) is 6.42 Å². The van der Waals surface area contributed by atoms with Crippen molar-refractivity contribution in [3.05, 3.63) is 71.9 Å². The van der Waals surface area contributed by atoms with Crippen LogP contribution in [0.25, 0.3) is 11.4 Å². The van der Waals surface area contributed by atoms with Crippen molar-refractivity contribution in [2.75, 3.05) is 23.3 Å². The number of carbonyl (C=O) groups excluding carboxylic acids is 1. The highest BCUT2D eigenvalue weighted by Gasteiger charge is 2.18. The van der Waals surface area contributed by atoms with Crippen LogP contribution in [0.5, 0.6) is 0 Å². The first-order valence-corrected chi connectivity index (χ1v) is 9.76. The largest absolute Gasteiger partial charge is 0.356 e. The van der Waals surface area contributed by atoms with Crippen LogP contribution in [-0.2, 0) is 0 Å². The molecule has 1 saturated heterocycles. The van der Waals surface area contributed by atoms with E-state index in [2.05, 4.69) is 15.2 Å². The summed E-state index contributed by atoms with van der Waals surface area (Å²) >= 11 is 0. The van der Waals surface area contributed by atoms with Gasteiger partial charge in [0.15, 0.2) is 5.82 Å². The number of aromatic nitrogens is 2. The number of nitrogens with zero attached hydrogens (tertiary/aromatic N) is 3. The fraction of sp³-hybridized carbons (Fsp3) is 0.261. The van der Waals surface area contributed by atoms with Gasteiger partial charge in [-0.2, -0.15) is 0 Å². The van der Waals surface area contributed by atoms with Crippen molar-refractivity contribution in [3.8, 4) is 11.4 Å². The molecule has 0 saturated carbocycles. The molecule has 5 heteroatoms. The highest BCUT2D eigenvalue weighted by Crippen LogP contribution is 2.23. The predicted octanol–water partition coefficient (Wildman–Crippen LogP) is 4.69. The lowest BCUT2D eigenvalue weighted by atomic mass is 10.1. The minimum absolute atomic E-state index is 0.219. The zero-order chi connectivity index (χ0) is 19.3. The molecule has 5 nitrogen and oxygen atoms in total. The lowest BCUT2D eigenvalue weighted by Gasteiger charge is -2.28. The second-order valence-corrected chi connectivity index (χ2v) is 7.17. The average Bonchev–Trinajstić information content (AvgIpc) is 2.75. The summed E-state index contributed by atoms with van der Waals surface area (Å²) in [6.45, 7) is 3.93. The molecule has 1 aromatic heterocycles. The minimum atomic E-state index is -0.219. The van der Waals surface area contributed by atoms with Gasteiger partial charge in [0.05, 0.1) is 0 Å². The van der Waals surface area contributed by atoms with E-state index in [4.69, 9.17) is 4.98 Å². The summed E-state index contributed by atoms with van der Waals surface area (Å²) in [4.78, 5) is 24.5. The third-order valence-corrected chi connectivity index (χ3v) is 4.93. The zero-order valence-electron chi connectivity index (χ0n) is 16.1. The molecule has 28 heavy (non-hydrogen) atoms.